The van der Waals surface area contributed by atoms with Crippen LogP contribution in [0.25, 0.3) is 0 Å². The summed E-state index contributed by atoms with van der Waals surface area (Å²) in [5.74, 6) is 1.08. The Hall–Kier alpha value is -2.27. The summed E-state index contributed by atoms with van der Waals surface area (Å²) < 4.78 is 0. The van der Waals surface area contributed by atoms with Crippen molar-refractivity contribution in [2.75, 3.05) is 22.2 Å². The average molecular weight is 345 g/mol. The lowest BCUT2D eigenvalue weighted by Gasteiger charge is -2.11. The second-order valence-electron chi connectivity index (χ2n) is 5.93. The Balaban J connectivity index is 1.61. The van der Waals surface area contributed by atoms with Gasteiger partial charge in [-0.3, -0.25) is 4.79 Å². The minimum absolute atomic E-state index is 0.169. The van der Waals surface area contributed by atoms with E-state index in [4.69, 9.17) is 17.3 Å². The molecule has 1 aromatic heterocycles. The van der Waals surface area contributed by atoms with Crippen molar-refractivity contribution in [1.82, 2.24) is 4.98 Å². The van der Waals surface area contributed by atoms with Gasteiger partial charge in [0.05, 0.1) is 5.69 Å². The molecule has 1 amide bonds. The number of aryl methyl sites for hydroxylation is 2. The summed E-state index contributed by atoms with van der Waals surface area (Å²) in [6, 6.07) is 10.2. The van der Waals surface area contributed by atoms with Gasteiger partial charge in [-0.1, -0.05) is 18.2 Å². The Bertz CT molecular complexity index is 748. The smallest absolute Gasteiger partial charge is 0.225 e. The number of pyridine rings is 1. The Kier molecular flexibility index (Phi) is 5.20. The van der Waals surface area contributed by atoms with Crippen LogP contribution in [0.3, 0.4) is 0 Å². The summed E-state index contributed by atoms with van der Waals surface area (Å²) in [6.45, 7) is 0.692. The van der Waals surface area contributed by atoms with E-state index in [1.807, 2.05) is 0 Å². The highest BCUT2D eigenvalue weighted by molar-refractivity contribution is 6.19. The number of hydrogen-bond acceptors (Lipinski definition) is 4. The summed E-state index contributed by atoms with van der Waals surface area (Å²) in [6.07, 6.45) is 3.86. The highest BCUT2D eigenvalue weighted by Crippen LogP contribution is 2.24. The standard InChI is InChI=1S/C18H21ClN4O/c19-9-8-17(24)22-15-6-7-16(23-18(15)20)21-11-12-4-5-13-2-1-3-14(13)10-12/h4-7,10H,1-3,8-9,11H2,(H,22,24)(H3,20,21,23). The van der Waals surface area contributed by atoms with Crippen LogP contribution >= 0.6 is 11.6 Å². The van der Waals surface area contributed by atoms with Gasteiger partial charge in [-0.2, -0.15) is 0 Å². The van der Waals surface area contributed by atoms with Gasteiger partial charge in [0.1, 0.15) is 11.6 Å². The second kappa shape index (κ2) is 7.53. The lowest BCUT2D eigenvalue weighted by Crippen LogP contribution is -2.14. The van der Waals surface area contributed by atoms with Crippen LogP contribution in [0.15, 0.2) is 30.3 Å². The van der Waals surface area contributed by atoms with Crippen LogP contribution in [-0.4, -0.2) is 16.8 Å². The molecule has 0 atom stereocenters. The van der Waals surface area contributed by atoms with E-state index in [-0.39, 0.29) is 24.0 Å². The number of carbonyl (C=O) groups is 1. The molecule has 0 aliphatic heterocycles. The second-order valence-corrected chi connectivity index (χ2v) is 6.30. The molecule has 0 bridgehead atoms. The number of amides is 1. The third-order valence-corrected chi connectivity index (χ3v) is 4.35. The fraction of sp³-hybridized carbons (Fsp3) is 0.333. The summed E-state index contributed by atoms with van der Waals surface area (Å²) in [5, 5.41) is 5.98. The molecule has 5 nitrogen and oxygen atoms in total. The molecule has 1 heterocycles. The number of nitrogens with zero attached hydrogens (tertiary/aromatic N) is 1. The lowest BCUT2D eigenvalue weighted by molar-refractivity contribution is -0.115. The fourth-order valence-electron chi connectivity index (χ4n) is 2.91. The van der Waals surface area contributed by atoms with Gasteiger partial charge in [-0.25, -0.2) is 4.98 Å². The number of rotatable bonds is 6. The first-order chi connectivity index (χ1) is 11.7. The molecule has 0 saturated carbocycles. The highest BCUT2D eigenvalue weighted by Gasteiger charge is 2.11. The van der Waals surface area contributed by atoms with Crippen molar-refractivity contribution in [3.05, 3.63) is 47.0 Å². The normalized spacial score (nSPS) is 12.7. The summed E-state index contributed by atoms with van der Waals surface area (Å²) in [5.41, 5.74) is 10.6. The first-order valence-electron chi connectivity index (χ1n) is 8.12. The van der Waals surface area contributed by atoms with Crippen LogP contribution in [0.4, 0.5) is 17.3 Å². The predicted octanol–water partition coefficient (Wildman–Crippen LogP) is 3.33. The van der Waals surface area contributed by atoms with Crippen LogP contribution in [0.2, 0.25) is 0 Å². The monoisotopic (exact) mass is 344 g/mol. The first-order valence-corrected chi connectivity index (χ1v) is 8.66. The maximum absolute atomic E-state index is 11.6. The van der Waals surface area contributed by atoms with Gasteiger partial charge < -0.3 is 16.4 Å². The van der Waals surface area contributed by atoms with E-state index in [2.05, 4.69) is 33.8 Å². The number of hydrogen-bond donors (Lipinski definition) is 3. The molecule has 0 saturated heterocycles. The number of anilines is 3. The number of alkyl halides is 1. The van der Waals surface area contributed by atoms with Crippen LogP contribution in [0, 0.1) is 0 Å². The molecule has 3 rings (SSSR count). The lowest BCUT2D eigenvalue weighted by atomic mass is 10.1. The van der Waals surface area contributed by atoms with E-state index < -0.39 is 0 Å². The van der Waals surface area contributed by atoms with E-state index in [9.17, 15) is 4.79 Å². The fourth-order valence-corrected chi connectivity index (χ4v) is 3.08. The summed E-state index contributed by atoms with van der Waals surface area (Å²) in [4.78, 5) is 15.9. The highest BCUT2D eigenvalue weighted by atomic mass is 35.5. The number of fused-ring (bicyclic) bond motifs is 1. The van der Waals surface area contributed by atoms with Crippen molar-refractivity contribution < 1.29 is 4.79 Å². The molecule has 0 unspecified atom stereocenters. The van der Waals surface area contributed by atoms with Gasteiger partial charge >= 0.3 is 0 Å². The van der Waals surface area contributed by atoms with E-state index >= 15 is 0 Å². The van der Waals surface area contributed by atoms with Gasteiger partial charge in [0.25, 0.3) is 0 Å². The maximum Gasteiger partial charge on any atom is 0.225 e. The summed E-state index contributed by atoms with van der Waals surface area (Å²) >= 11 is 5.54. The van der Waals surface area contributed by atoms with Crippen molar-refractivity contribution >= 4 is 34.8 Å². The molecule has 0 fully saturated rings. The minimum atomic E-state index is -0.169. The molecule has 4 N–H and O–H groups in total. The van der Waals surface area contributed by atoms with Crippen LogP contribution in [-0.2, 0) is 24.2 Å². The van der Waals surface area contributed by atoms with Crippen molar-refractivity contribution in [2.24, 2.45) is 0 Å². The quantitative estimate of drug-likeness (QED) is 0.702. The zero-order valence-corrected chi connectivity index (χ0v) is 14.2. The van der Waals surface area contributed by atoms with Crippen LogP contribution in [0.1, 0.15) is 29.5 Å². The number of halogens is 1. The number of carbonyl (C=O) groups excluding carboxylic acids is 1. The third kappa shape index (κ3) is 3.97. The molecule has 2 aromatic rings. The Morgan fingerprint density at radius 1 is 1.21 bits per heavy atom. The van der Waals surface area contributed by atoms with Gasteiger partial charge in [0, 0.05) is 18.8 Å². The average Bonchev–Trinajstić information content (AvgIpc) is 3.03. The molecule has 1 aromatic carbocycles. The van der Waals surface area contributed by atoms with Crippen molar-refractivity contribution in [3.63, 3.8) is 0 Å². The molecule has 24 heavy (non-hydrogen) atoms. The zero-order valence-electron chi connectivity index (χ0n) is 13.4. The van der Waals surface area contributed by atoms with Crippen molar-refractivity contribution in [3.8, 4) is 0 Å². The third-order valence-electron chi connectivity index (χ3n) is 4.16. The topological polar surface area (TPSA) is 80.0 Å². The van der Waals surface area contributed by atoms with E-state index in [0.717, 1.165) is 0 Å². The van der Waals surface area contributed by atoms with E-state index in [0.29, 0.717) is 18.1 Å². The van der Waals surface area contributed by atoms with Gasteiger partial charge in [0.2, 0.25) is 5.91 Å². The van der Waals surface area contributed by atoms with Gasteiger partial charge in [-0.05, 0) is 48.1 Å². The molecular formula is C18H21ClN4O. The SMILES string of the molecule is Nc1nc(NCc2ccc3c(c2)CCC3)ccc1NC(=O)CCCl. The summed E-state index contributed by atoms with van der Waals surface area (Å²) in [7, 11) is 0. The largest absolute Gasteiger partial charge is 0.382 e. The number of nitrogens with one attached hydrogen (secondary N) is 2. The van der Waals surface area contributed by atoms with Gasteiger partial charge in [0.15, 0.2) is 0 Å². The predicted molar refractivity (Wildman–Crippen MR) is 98.4 cm³/mol. The van der Waals surface area contributed by atoms with Crippen molar-refractivity contribution in [2.45, 2.75) is 32.2 Å². The number of benzene rings is 1. The molecule has 6 heteroatoms. The number of aromatic nitrogens is 1. The molecule has 1 aliphatic carbocycles. The number of nitrogens with two attached hydrogens (primary N) is 1. The Morgan fingerprint density at radius 2 is 2.04 bits per heavy atom. The van der Waals surface area contributed by atoms with Crippen LogP contribution < -0.4 is 16.4 Å². The Morgan fingerprint density at radius 3 is 2.83 bits per heavy atom. The molecule has 0 radical (unpaired) electrons. The molecule has 0 spiro atoms. The van der Waals surface area contributed by atoms with E-state index in [1.165, 1.54) is 36.0 Å². The van der Waals surface area contributed by atoms with Crippen LogP contribution in [0.5, 0.6) is 0 Å². The Labute approximate surface area is 146 Å². The van der Waals surface area contributed by atoms with E-state index in [1.54, 1.807) is 12.1 Å². The molecule has 1 aliphatic rings. The van der Waals surface area contributed by atoms with Gasteiger partial charge in [-0.15, -0.1) is 11.6 Å². The minimum Gasteiger partial charge on any atom is -0.382 e. The first kappa shape index (κ1) is 16.6. The zero-order chi connectivity index (χ0) is 16.9. The molecule has 126 valence electrons. The number of nitrogen functional groups attached to an aromatic ring is 1. The van der Waals surface area contributed by atoms with Crippen molar-refractivity contribution in [1.29, 1.82) is 0 Å². The maximum atomic E-state index is 11.6. The molecular weight excluding hydrogens is 324 g/mol.